The third kappa shape index (κ3) is 4.58. The third-order valence-electron chi connectivity index (χ3n) is 2.07. The van der Waals surface area contributed by atoms with Gasteiger partial charge in [0.2, 0.25) is 0 Å². The van der Waals surface area contributed by atoms with Gasteiger partial charge in [-0.25, -0.2) is 8.78 Å². The molecule has 15 heavy (non-hydrogen) atoms. The number of benzene rings is 1. The van der Waals surface area contributed by atoms with Crippen molar-refractivity contribution in [3.63, 3.8) is 0 Å². The van der Waals surface area contributed by atoms with Crippen molar-refractivity contribution in [2.45, 2.75) is 12.8 Å². The Kier molecular flexibility index (Phi) is 5.58. The first-order chi connectivity index (χ1) is 7.24. The highest BCUT2D eigenvalue weighted by molar-refractivity contribution is 6.17. The molecule has 0 saturated carbocycles. The van der Waals surface area contributed by atoms with Crippen LogP contribution in [0.3, 0.4) is 0 Å². The van der Waals surface area contributed by atoms with Gasteiger partial charge in [-0.3, -0.25) is 0 Å². The van der Waals surface area contributed by atoms with E-state index in [1.165, 1.54) is 6.07 Å². The van der Waals surface area contributed by atoms with Crippen molar-refractivity contribution in [2.24, 2.45) is 0 Å². The average molecular weight is 234 g/mol. The highest BCUT2D eigenvalue weighted by atomic mass is 35.5. The van der Waals surface area contributed by atoms with E-state index < -0.39 is 5.82 Å². The van der Waals surface area contributed by atoms with Crippen molar-refractivity contribution in [1.29, 1.82) is 0 Å². The van der Waals surface area contributed by atoms with Crippen LogP contribution in [0.2, 0.25) is 0 Å². The van der Waals surface area contributed by atoms with Crippen LogP contribution in [-0.2, 0) is 6.42 Å². The molecule has 0 aliphatic carbocycles. The van der Waals surface area contributed by atoms with E-state index in [9.17, 15) is 8.78 Å². The Morgan fingerprint density at radius 3 is 2.73 bits per heavy atom. The average Bonchev–Trinajstić information content (AvgIpc) is 2.23. The molecule has 0 atom stereocenters. The van der Waals surface area contributed by atoms with Crippen molar-refractivity contribution < 1.29 is 8.78 Å². The second-order valence-corrected chi connectivity index (χ2v) is 3.66. The van der Waals surface area contributed by atoms with E-state index in [2.05, 4.69) is 5.32 Å². The minimum absolute atomic E-state index is 0.351. The van der Waals surface area contributed by atoms with E-state index in [4.69, 9.17) is 11.6 Å². The molecule has 1 aromatic rings. The standard InChI is InChI=1S/C11H14ClF2N/c12-5-1-6-15-7-4-9-8-10(13)2-3-11(9)14/h2-3,8,15H,1,4-7H2. The Balaban J connectivity index is 2.33. The summed E-state index contributed by atoms with van der Waals surface area (Å²) in [6, 6.07) is 3.52. The van der Waals surface area contributed by atoms with Crippen LogP contribution in [0.4, 0.5) is 8.78 Å². The number of alkyl halides is 1. The molecule has 0 radical (unpaired) electrons. The van der Waals surface area contributed by atoms with Crippen LogP contribution in [-0.4, -0.2) is 19.0 Å². The van der Waals surface area contributed by atoms with Gasteiger partial charge in [0.25, 0.3) is 0 Å². The number of rotatable bonds is 6. The van der Waals surface area contributed by atoms with Gasteiger partial charge >= 0.3 is 0 Å². The fraction of sp³-hybridized carbons (Fsp3) is 0.455. The van der Waals surface area contributed by atoms with Crippen molar-refractivity contribution in [1.82, 2.24) is 5.32 Å². The van der Waals surface area contributed by atoms with Crippen LogP contribution in [0.15, 0.2) is 18.2 Å². The molecule has 0 amide bonds. The molecule has 0 bridgehead atoms. The van der Waals surface area contributed by atoms with E-state index in [1.54, 1.807) is 0 Å². The first-order valence-electron chi connectivity index (χ1n) is 4.94. The van der Waals surface area contributed by atoms with Gasteiger partial charge in [-0.05, 0) is 49.7 Å². The zero-order valence-corrected chi connectivity index (χ0v) is 9.16. The molecule has 0 fully saturated rings. The maximum atomic E-state index is 13.1. The number of nitrogens with one attached hydrogen (secondary N) is 1. The minimum Gasteiger partial charge on any atom is -0.316 e. The van der Waals surface area contributed by atoms with Gasteiger partial charge in [0.1, 0.15) is 11.6 Å². The van der Waals surface area contributed by atoms with E-state index in [1.807, 2.05) is 0 Å². The monoisotopic (exact) mass is 233 g/mol. The summed E-state index contributed by atoms with van der Waals surface area (Å²) >= 11 is 5.49. The molecule has 84 valence electrons. The predicted molar refractivity (Wildman–Crippen MR) is 58.3 cm³/mol. The van der Waals surface area contributed by atoms with Crippen LogP contribution >= 0.6 is 11.6 Å². The summed E-state index contributed by atoms with van der Waals surface area (Å²) in [7, 11) is 0. The molecule has 0 aliphatic heterocycles. The largest absolute Gasteiger partial charge is 0.316 e. The molecule has 4 heteroatoms. The molecule has 0 heterocycles. The first-order valence-corrected chi connectivity index (χ1v) is 5.48. The summed E-state index contributed by atoms with van der Waals surface area (Å²) in [6.07, 6.45) is 1.37. The molecule has 0 aromatic heterocycles. The van der Waals surface area contributed by atoms with Crippen LogP contribution < -0.4 is 5.32 Å². The molecule has 1 rings (SSSR count). The zero-order valence-electron chi connectivity index (χ0n) is 8.40. The van der Waals surface area contributed by atoms with Gasteiger partial charge in [0.05, 0.1) is 0 Å². The SMILES string of the molecule is Fc1ccc(F)c(CCNCCCCl)c1. The Labute approximate surface area is 93.4 Å². The van der Waals surface area contributed by atoms with Gasteiger partial charge in [0, 0.05) is 5.88 Å². The quantitative estimate of drug-likeness (QED) is 0.589. The van der Waals surface area contributed by atoms with Gasteiger partial charge in [-0.1, -0.05) is 0 Å². The lowest BCUT2D eigenvalue weighted by molar-refractivity contribution is 0.576. The molecular formula is C11H14ClF2N. The van der Waals surface area contributed by atoms with E-state index in [-0.39, 0.29) is 5.82 Å². The highest BCUT2D eigenvalue weighted by Crippen LogP contribution is 2.09. The Morgan fingerprint density at radius 1 is 1.20 bits per heavy atom. The summed E-state index contributed by atoms with van der Waals surface area (Å²) in [5.74, 6) is -0.135. The minimum atomic E-state index is -0.396. The van der Waals surface area contributed by atoms with Gasteiger partial charge < -0.3 is 5.32 Å². The highest BCUT2D eigenvalue weighted by Gasteiger charge is 2.02. The van der Waals surface area contributed by atoms with Crippen molar-refractivity contribution in [3.8, 4) is 0 Å². The van der Waals surface area contributed by atoms with Crippen LogP contribution in [0.5, 0.6) is 0 Å². The lowest BCUT2D eigenvalue weighted by Crippen LogP contribution is -2.19. The normalized spacial score (nSPS) is 10.6. The summed E-state index contributed by atoms with van der Waals surface area (Å²) in [5.41, 5.74) is 0.411. The van der Waals surface area contributed by atoms with Crippen LogP contribution in [0, 0.1) is 11.6 Å². The predicted octanol–water partition coefficient (Wildman–Crippen LogP) is 2.73. The van der Waals surface area contributed by atoms with E-state index in [0.717, 1.165) is 25.1 Å². The third-order valence-corrected chi connectivity index (χ3v) is 2.33. The molecular weight excluding hydrogens is 220 g/mol. The van der Waals surface area contributed by atoms with Crippen molar-refractivity contribution in [3.05, 3.63) is 35.4 Å². The first kappa shape index (κ1) is 12.4. The van der Waals surface area contributed by atoms with Crippen LogP contribution in [0.25, 0.3) is 0 Å². The summed E-state index contributed by atoms with van der Waals surface area (Å²) in [4.78, 5) is 0. The topological polar surface area (TPSA) is 12.0 Å². The molecule has 0 saturated heterocycles. The van der Waals surface area contributed by atoms with Gasteiger partial charge in [0.15, 0.2) is 0 Å². The molecule has 0 spiro atoms. The Morgan fingerprint density at radius 2 is 2.00 bits per heavy atom. The fourth-order valence-electron chi connectivity index (χ4n) is 1.27. The van der Waals surface area contributed by atoms with E-state index >= 15 is 0 Å². The zero-order chi connectivity index (χ0) is 11.1. The summed E-state index contributed by atoms with van der Waals surface area (Å²) in [5, 5.41) is 3.11. The Hall–Kier alpha value is -0.670. The molecule has 0 aliphatic rings. The van der Waals surface area contributed by atoms with Crippen molar-refractivity contribution >= 4 is 11.6 Å². The number of halogens is 3. The maximum Gasteiger partial charge on any atom is 0.126 e. The molecule has 1 N–H and O–H groups in total. The second-order valence-electron chi connectivity index (χ2n) is 3.28. The van der Waals surface area contributed by atoms with E-state index in [0.29, 0.717) is 24.4 Å². The summed E-state index contributed by atoms with van der Waals surface area (Å²) < 4.78 is 25.9. The lowest BCUT2D eigenvalue weighted by Gasteiger charge is -2.04. The van der Waals surface area contributed by atoms with Gasteiger partial charge in [-0.15, -0.1) is 11.6 Å². The summed E-state index contributed by atoms with van der Waals surface area (Å²) in [6.45, 7) is 1.44. The Bertz CT molecular complexity index is 305. The number of hydrogen-bond acceptors (Lipinski definition) is 1. The van der Waals surface area contributed by atoms with Crippen molar-refractivity contribution in [2.75, 3.05) is 19.0 Å². The fourth-order valence-corrected chi connectivity index (χ4v) is 1.41. The van der Waals surface area contributed by atoms with Gasteiger partial charge in [-0.2, -0.15) is 0 Å². The maximum absolute atomic E-state index is 13.1. The van der Waals surface area contributed by atoms with Crippen LogP contribution in [0.1, 0.15) is 12.0 Å². The second kappa shape index (κ2) is 6.75. The molecule has 1 nitrogen and oxygen atoms in total. The lowest BCUT2D eigenvalue weighted by atomic mass is 10.1. The molecule has 0 unspecified atom stereocenters. The number of hydrogen-bond donors (Lipinski definition) is 1. The smallest absolute Gasteiger partial charge is 0.126 e. The molecule has 1 aromatic carbocycles.